The molecule has 0 radical (unpaired) electrons. The number of carbonyl (C=O) groups is 1. The maximum atomic E-state index is 14.0. The van der Waals surface area contributed by atoms with Crippen LogP contribution >= 0.6 is 11.3 Å². The molecule has 3 aromatic heterocycles. The number of aromatic nitrogens is 3. The zero-order chi connectivity index (χ0) is 24.4. The van der Waals surface area contributed by atoms with E-state index in [9.17, 15) is 14.0 Å². The van der Waals surface area contributed by atoms with E-state index < -0.39 is 0 Å². The molecule has 1 aromatic carbocycles. The summed E-state index contributed by atoms with van der Waals surface area (Å²) >= 11 is 1.59. The molecule has 0 unspecified atom stereocenters. The van der Waals surface area contributed by atoms with Gasteiger partial charge in [0.1, 0.15) is 23.7 Å². The number of nitrogens with zero attached hydrogens (tertiary/aromatic N) is 5. The van der Waals surface area contributed by atoms with Crippen LogP contribution in [0.4, 0.5) is 10.1 Å². The van der Waals surface area contributed by atoms with Crippen molar-refractivity contribution in [3.8, 4) is 0 Å². The lowest BCUT2D eigenvalue weighted by Crippen LogP contribution is -2.47. The third-order valence-electron chi connectivity index (χ3n) is 6.52. The molecule has 0 bridgehead atoms. The van der Waals surface area contributed by atoms with Gasteiger partial charge in [0.05, 0.1) is 15.9 Å². The van der Waals surface area contributed by atoms with Crippen molar-refractivity contribution >= 4 is 38.7 Å². The summed E-state index contributed by atoms with van der Waals surface area (Å²) in [4.78, 5) is 29.9. The van der Waals surface area contributed by atoms with Crippen molar-refractivity contribution in [2.45, 2.75) is 26.3 Å². The quantitative estimate of drug-likeness (QED) is 0.380. The number of anilines is 1. The molecule has 10 heteroatoms. The van der Waals surface area contributed by atoms with Gasteiger partial charge >= 0.3 is 0 Å². The molecule has 8 nitrogen and oxygen atoms in total. The average Bonchev–Trinajstić information content (AvgIpc) is 3.47. The first-order chi connectivity index (χ1) is 17.0. The Morgan fingerprint density at radius 1 is 1.14 bits per heavy atom. The number of halogens is 1. The van der Waals surface area contributed by atoms with Gasteiger partial charge in [-0.3, -0.25) is 18.9 Å². The molecule has 1 aliphatic rings. The SMILES string of the molecule is CCc1nn(CC(=O)NCCCN2CCN(c3ccccc3F)CC2)c(=O)c2cc3sccc3n12. The number of amides is 1. The van der Waals surface area contributed by atoms with Gasteiger partial charge in [0.25, 0.3) is 5.56 Å². The predicted molar refractivity (Wildman–Crippen MR) is 137 cm³/mol. The van der Waals surface area contributed by atoms with Crippen LogP contribution in [0.2, 0.25) is 0 Å². The highest BCUT2D eigenvalue weighted by atomic mass is 32.1. The van der Waals surface area contributed by atoms with E-state index in [1.54, 1.807) is 17.4 Å². The summed E-state index contributed by atoms with van der Waals surface area (Å²) < 4.78 is 18.2. The van der Waals surface area contributed by atoms with Crippen LogP contribution in [0.3, 0.4) is 0 Å². The highest BCUT2D eigenvalue weighted by molar-refractivity contribution is 7.17. The normalized spacial score (nSPS) is 14.7. The first-order valence-corrected chi connectivity index (χ1v) is 12.9. The minimum Gasteiger partial charge on any atom is -0.367 e. The molecule has 0 saturated carbocycles. The highest BCUT2D eigenvalue weighted by Crippen LogP contribution is 2.24. The molecular weight excluding hydrogens is 467 g/mol. The fourth-order valence-electron chi connectivity index (χ4n) is 4.70. The third kappa shape index (κ3) is 4.81. The van der Waals surface area contributed by atoms with E-state index in [0.29, 0.717) is 24.2 Å². The summed E-state index contributed by atoms with van der Waals surface area (Å²) in [5.74, 6) is 0.360. The van der Waals surface area contributed by atoms with E-state index in [-0.39, 0.29) is 23.8 Å². The molecule has 1 saturated heterocycles. The Morgan fingerprint density at radius 2 is 1.94 bits per heavy atom. The van der Waals surface area contributed by atoms with Crippen LogP contribution in [0.25, 0.3) is 15.7 Å². The second-order valence-electron chi connectivity index (χ2n) is 8.75. The first kappa shape index (κ1) is 23.5. The van der Waals surface area contributed by atoms with E-state index >= 15 is 0 Å². The summed E-state index contributed by atoms with van der Waals surface area (Å²) in [6.45, 7) is 6.56. The van der Waals surface area contributed by atoms with Crippen LogP contribution in [0, 0.1) is 5.82 Å². The maximum Gasteiger partial charge on any atom is 0.291 e. The van der Waals surface area contributed by atoms with Gasteiger partial charge < -0.3 is 10.2 Å². The first-order valence-electron chi connectivity index (χ1n) is 12.0. The number of hydrogen-bond donors (Lipinski definition) is 1. The molecule has 1 aliphatic heterocycles. The van der Waals surface area contributed by atoms with Crippen molar-refractivity contribution in [1.29, 1.82) is 0 Å². The summed E-state index contributed by atoms with van der Waals surface area (Å²) in [5, 5.41) is 9.39. The number of piperazine rings is 1. The maximum absolute atomic E-state index is 14.0. The number of thiophene rings is 1. The fraction of sp³-hybridized carbons (Fsp3) is 0.400. The molecular formula is C25H29FN6O2S. The smallest absolute Gasteiger partial charge is 0.291 e. The van der Waals surface area contributed by atoms with Gasteiger partial charge in [-0.15, -0.1) is 11.3 Å². The largest absolute Gasteiger partial charge is 0.367 e. The van der Waals surface area contributed by atoms with Crippen molar-refractivity contribution in [3.63, 3.8) is 0 Å². The second kappa shape index (κ2) is 10.2. The molecule has 0 spiro atoms. The van der Waals surface area contributed by atoms with Crippen molar-refractivity contribution in [1.82, 2.24) is 24.4 Å². The summed E-state index contributed by atoms with van der Waals surface area (Å²) in [5.41, 5.74) is 1.94. The number of carbonyl (C=O) groups excluding carboxylic acids is 1. The van der Waals surface area contributed by atoms with Crippen molar-refractivity contribution in [3.05, 3.63) is 63.8 Å². The van der Waals surface area contributed by atoms with E-state index in [1.165, 1.54) is 10.7 Å². The van der Waals surface area contributed by atoms with E-state index in [4.69, 9.17) is 0 Å². The minimum absolute atomic E-state index is 0.0948. The molecule has 184 valence electrons. The van der Waals surface area contributed by atoms with Crippen LogP contribution in [-0.2, 0) is 17.8 Å². The van der Waals surface area contributed by atoms with E-state index in [1.807, 2.05) is 41.0 Å². The topological polar surface area (TPSA) is 74.9 Å². The Kier molecular flexibility index (Phi) is 6.83. The number of hydrogen-bond acceptors (Lipinski definition) is 6. The fourth-order valence-corrected chi connectivity index (χ4v) is 5.50. The lowest BCUT2D eigenvalue weighted by molar-refractivity contribution is -0.121. The molecule has 0 atom stereocenters. The van der Waals surface area contributed by atoms with Crippen LogP contribution in [0.1, 0.15) is 19.2 Å². The summed E-state index contributed by atoms with van der Waals surface area (Å²) in [6.07, 6.45) is 1.46. The number of para-hydroxylation sites is 1. The summed E-state index contributed by atoms with van der Waals surface area (Å²) in [7, 11) is 0. The zero-order valence-electron chi connectivity index (χ0n) is 19.7. The lowest BCUT2D eigenvalue weighted by Gasteiger charge is -2.36. The van der Waals surface area contributed by atoms with Crippen molar-refractivity contribution in [2.75, 3.05) is 44.2 Å². The van der Waals surface area contributed by atoms with Gasteiger partial charge in [-0.25, -0.2) is 9.07 Å². The molecule has 4 aromatic rings. The van der Waals surface area contributed by atoms with Crippen LogP contribution in [0.5, 0.6) is 0 Å². The Morgan fingerprint density at radius 3 is 2.71 bits per heavy atom. The van der Waals surface area contributed by atoms with Crippen LogP contribution < -0.4 is 15.8 Å². The van der Waals surface area contributed by atoms with E-state index in [2.05, 4.69) is 20.2 Å². The molecule has 35 heavy (non-hydrogen) atoms. The molecule has 5 rings (SSSR count). The highest BCUT2D eigenvalue weighted by Gasteiger charge is 2.19. The third-order valence-corrected chi connectivity index (χ3v) is 7.37. The van der Waals surface area contributed by atoms with Crippen molar-refractivity contribution < 1.29 is 9.18 Å². The Hall–Kier alpha value is -3.24. The molecule has 1 fully saturated rings. The van der Waals surface area contributed by atoms with Gasteiger partial charge in [-0.05, 0) is 42.6 Å². The number of benzene rings is 1. The molecule has 4 heterocycles. The van der Waals surface area contributed by atoms with Gasteiger partial charge in [0.15, 0.2) is 0 Å². The van der Waals surface area contributed by atoms with Crippen molar-refractivity contribution in [2.24, 2.45) is 0 Å². The van der Waals surface area contributed by atoms with E-state index in [0.717, 1.165) is 55.2 Å². The van der Waals surface area contributed by atoms with Crippen LogP contribution in [0.15, 0.2) is 46.6 Å². The second-order valence-corrected chi connectivity index (χ2v) is 9.70. The predicted octanol–water partition coefficient (Wildman–Crippen LogP) is 2.74. The number of nitrogens with one attached hydrogen (secondary N) is 1. The Balaban J connectivity index is 1.11. The Labute approximate surface area is 206 Å². The van der Waals surface area contributed by atoms with Gasteiger partial charge in [-0.2, -0.15) is 5.10 Å². The number of aryl methyl sites for hydroxylation is 1. The average molecular weight is 497 g/mol. The number of fused-ring (bicyclic) bond motifs is 3. The molecule has 1 N–H and O–H groups in total. The summed E-state index contributed by atoms with van der Waals surface area (Å²) in [6, 6.07) is 10.8. The Bertz CT molecular complexity index is 1400. The molecule has 1 amide bonds. The van der Waals surface area contributed by atoms with Gasteiger partial charge in [-0.1, -0.05) is 19.1 Å². The number of rotatable bonds is 8. The van der Waals surface area contributed by atoms with Gasteiger partial charge in [0.2, 0.25) is 5.91 Å². The zero-order valence-corrected chi connectivity index (χ0v) is 20.6. The van der Waals surface area contributed by atoms with Gasteiger partial charge in [0, 0.05) is 39.1 Å². The van der Waals surface area contributed by atoms with Crippen LogP contribution in [-0.4, -0.2) is 64.3 Å². The standard InChI is InChI=1S/C25H29FN6O2S/c1-2-23-28-31(25(34)21-16-22-20(32(21)23)8-15-35-22)17-24(33)27-9-5-10-29-11-13-30(14-12-29)19-7-4-3-6-18(19)26/h3-4,6-8,15-16H,2,5,9-14,17H2,1H3,(H,27,33). The monoisotopic (exact) mass is 496 g/mol. The minimum atomic E-state index is -0.256. The molecule has 0 aliphatic carbocycles. The lowest BCUT2D eigenvalue weighted by atomic mass is 10.2.